The third-order valence-corrected chi connectivity index (χ3v) is 6.69. The molecule has 0 spiro atoms. The van der Waals surface area contributed by atoms with Crippen LogP contribution in [0.25, 0.3) is 0 Å². The number of carbonyl (C=O) groups is 1. The van der Waals surface area contributed by atoms with Crippen LogP contribution in [0.4, 0.5) is 11.4 Å². The Labute approximate surface area is 154 Å². The van der Waals surface area contributed by atoms with Gasteiger partial charge in [-0.3, -0.25) is 4.79 Å². The number of nitrogens with one attached hydrogen (secondary N) is 2. The standard InChI is InChI=1S/C15H12ClN3O5S2/c16-11-3-1-2-4-12(11)19-15(20)8-25(21,22)10-5-6-13-14(7-10)26(23,24)18-9-17-13/h1-7,9H,8H2,(H,17,18)(H,19,20). The molecule has 3 rings (SSSR count). The topological polar surface area (TPSA) is 122 Å². The zero-order chi connectivity index (χ0) is 18.9. The highest BCUT2D eigenvalue weighted by molar-refractivity contribution is 7.92. The Morgan fingerprint density at radius 3 is 2.65 bits per heavy atom. The number of rotatable bonds is 4. The molecule has 0 radical (unpaired) electrons. The number of amides is 1. The molecule has 0 bridgehead atoms. The van der Waals surface area contributed by atoms with Crippen molar-refractivity contribution in [2.75, 3.05) is 16.4 Å². The Bertz CT molecular complexity index is 1130. The molecular formula is C15H12ClN3O5S2. The van der Waals surface area contributed by atoms with Gasteiger partial charge in [0, 0.05) is 0 Å². The van der Waals surface area contributed by atoms with Crippen LogP contribution in [0.2, 0.25) is 5.02 Å². The highest BCUT2D eigenvalue weighted by atomic mass is 35.5. The molecule has 8 nitrogen and oxygen atoms in total. The van der Waals surface area contributed by atoms with Gasteiger partial charge in [0.2, 0.25) is 5.91 Å². The second kappa shape index (κ2) is 6.71. The van der Waals surface area contributed by atoms with E-state index in [0.29, 0.717) is 0 Å². The maximum absolute atomic E-state index is 12.5. The highest BCUT2D eigenvalue weighted by Gasteiger charge is 2.26. The van der Waals surface area contributed by atoms with Crippen LogP contribution in [-0.2, 0) is 24.7 Å². The number of sulfonamides is 1. The summed E-state index contributed by atoms with van der Waals surface area (Å²) in [6.45, 7) is 0. The first-order valence-corrected chi connectivity index (χ1v) is 10.6. The fraction of sp³-hybridized carbons (Fsp3) is 0.0667. The highest BCUT2D eigenvalue weighted by Crippen LogP contribution is 2.29. The van der Waals surface area contributed by atoms with Crippen LogP contribution in [0.3, 0.4) is 0 Å². The molecule has 1 aliphatic heterocycles. The summed E-state index contributed by atoms with van der Waals surface area (Å²) >= 11 is 5.92. The Morgan fingerprint density at radius 1 is 1.19 bits per heavy atom. The lowest BCUT2D eigenvalue weighted by atomic mass is 10.3. The van der Waals surface area contributed by atoms with Gasteiger partial charge < -0.3 is 10.6 Å². The first kappa shape index (κ1) is 18.4. The molecular weight excluding hydrogens is 402 g/mol. The summed E-state index contributed by atoms with van der Waals surface area (Å²) in [5.41, 5.74) is 0.486. The van der Waals surface area contributed by atoms with E-state index < -0.39 is 31.5 Å². The number of fused-ring (bicyclic) bond motifs is 1. The van der Waals surface area contributed by atoms with Gasteiger partial charge in [-0.25, -0.2) is 8.42 Å². The van der Waals surface area contributed by atoms with E-state index in [1.54, 1.807) is 18.2 Å². The van der Waals surface area contributed by atoms with E-state index in [1.165, 1.54) is 18.2 Å². The maximum Gasteiger partial charge on any atom is 0.285 e. The fourth-order valence-corrected chi connectivity index (χ4v) is 4.66. The summed E-state index contributed by atoms with van der Waals surface area (Å²) in [6.07, 6.45) is 1.00. The average Bonchev–Trinajstić information content (AvgIpc) is 2.56. The van der Waals surface area contributed by atoms with Gasteiger partial charge in [0.1, 0.15) is 17.0 Å². The second-order valence-corrected chi connectivity index (χ2v) is 9.30. The molecule has 0 unspecified atom stereocenters. The van der Waals surface area contributed by atoms with Crippen molar-refractivity contribution < 1.29 is 21.6 Å². The summed E-state index contributed by atoms with van der Waals surface area (Å²) in [5, 5.41) is 5.29. The minimum atomic E-state index is -4.08. The Morgan fingerprint density at radius 2 is 1.92 bits per heavy atom. The van der Waals surface area contributed by atoms with Crippen molar-refractivity contribution in [3.8, 4) is 0 Å². The smallest absolute Gasteiger partial charge is 0.285 e. The van der Waals surface area contributed by atoms with Crippen molar-refractivity contribution in [1.29, 1.82) is 0 Å². The lowest BCUT2D eigenvalue weighted by Gasteiger charge is -2.13. The average molecular weight is 414 g/mol. The number of hydrogen-bond acceptors (Lipinski definition) is 6. The number of anilines is 2. The third kappa shape index (κ3) is 3.71. The van der Waals surface area contributed by atoms with Crippen LogP contribution < -0.4 is 10.6 Å². The predicted molar refractivity (Wildman–Crippen MR) is 97.9 cm³/mol. The molecule has 2 aromatic rings. The first-order chi connectivity index (χ1) is 12.2. The molecule has 0 atom stereocenters. The molecule has 1 aliphatic rings. The van der Waals surface area contributed by atoms with Crippen LogP contribution >= 0.6 is 11.6 Å². The zero-order valence-electron chi connectivity index (χ0n) is 13.0. The van der Waals surface area contributed by atoms with Crippen molar-refractivity contribution in [2.24, 2.45) is 4.40 Å². The van der Waals surface area contributed by atoms with E-state index in [0.717, 1.165) is 12.4 Å². The van der Waals surface area contributed by atoms with Crippen LogP contribution in [0.5, 0.6) is 0 Å². The summed E-state index contributed by atoms with van der Waals surface area (Å²) < 4.78 is 52.1. The van der Waals surface area contributed by atoms with Crippen molar-refractivity contribution in [1.82, 2.24) is 0 Å². The molecule has 1 amide bonds. The molecule has 136 valence electrons. The third-order valence-electron chi connectivity index (χ3n) is 3.47. The van der Waals surface area contributed by atoms with Crippen LogP contribution in [0.1, 0.15) is 0 Å². The van der Waals surface area contributed by atoms with E-state index in [9.17, 15) is 21.6 Å². The number of benzene rings is 2. The van der Waals surface area contributed by atoms with Crippen molar-refractivity contribution >= 4 is 55.1 Å². The largest absolute Gasteiger partial charge is 0.345 e. The van der Waals surface area contributed by atoms with Gasteiger partial charge in [-0.15, -0.1) is 4.40 Å². The Kier molecular flexibility index (Phi) is 4.74. The number of carbonyl (C=O) groups excluding carboxylic acids is 1. The van der Waals surface area contributed by atoms with E-state index in [4.69, 9.17) is 11.6 Å². The van der Waals surface area contributed by atoms with Crippen molar-refractivity contribution in [3.05, 3.63) is 47.5 Å². The number of halogens is 1. The first-order valence-electron chi connectivity index (χ1n) is 7.16. The SMILES string of the molecule is O=C(CS(=O)(=O)c1ccc2c(c1)S(=O)(=O)N=CN2)Nc1ccccc1Cl. The molecule has 0 saturated carbocycles. The molecule has 0 aromatic heterocycles. The number of hydrogen-bond donors (Lipinski definition) is 2. The van der Waals surface area contributed by atoms with Crippen LogP contribution in [-0.4, -0.2) is 34.8 Å². The summed E-state index contributed by atoms with van der Waals surface area (Å²) in [6, 6.07) is 9.88. The van der Waals surface area contributed by atoms with Crippen molar-refractivity contribution in [2.45, 2.75) is 9.79 Å². The minimum absolute atomic E-state index is 0.208. The summed E-state index contributed by atoms with van der Waals surface area (Å²) in [7, 11) is -8.06. The monoisotopic (exact) mass is 413 g/mol. The van der Waals surface area contributed by atoms with Gasteiger partial charge in [-0.2, -0.15) is 8.42 Å². The quantitative estimate of drug-likeness (QED) is 0.789. The van der Waals surface area contributed by atoms with E-state index >= 15 is 0 Å². The molecule has 26 heavy (non-hydrogen) atoms. The van der Waals surface area contributed by atoms with Gasteiger partial charge >= 0.3 is 0 Å². The molecule has 1 heterocycles. The lowest BCUT2D eigenvalue weighted by molar-refractivity contribution is -0.113. The van der Waals surface area contributed by atoms with E-state index in [1.807, 2.05) is 0 Å². The van der Waals surface area contributed by atoms with E-state index in [2.05, 4.69) is 15.0 Å². The molecule has 11 heteroatoms. The van der Waals surface area contributed by atoms with Gasteiger partial charge in [0.25, 0.3) is 10.0 Å². The maximum atomic E-state index is 12.5. The van der Waals surface area contributed by atoms with Crippen LogP contribution in [0, 0.1) is 0 Å². The number of nitrogens with zero attached hydrogens (tertiary/aromatic N) is 1. The summed E-state index contributed by atoms with van der Waals surface area (Å²) in [4.78, 5) is 11.5. The Hall–Kier alpha value is -2.43. The van der Waals surface area contributed by atoms with Crippen molar-refractivity contribution in [3.63, 3.8) is 0 Å². The number of para-hydroxylation sites is 1. The normalized spacial score (nSPS) is 15.0. The molecule has 2 N–H and O–H groups in total. The molecule has 0 fully saturated rings. The zero-order valence-corrected chi connectivity index (χ0v) is 15.4. The predicted octanol–water partition coefficient (Wildman–Crippen LogP) is 1.89. The molecule has 0 aliphatic carbocycles. The van der Waals surface area contributed by atoms with Gasteiger partial charge in [0.05, 0.1) is 21.3 Å². The van der Waals surface area contributed by atoms with E-state index in [-0.39, 0.29) is 26.2 Å². The minimum Gasteiger partial charge on any atom is -0.345 e. The lowest BCUT2D eigenvalue weighted by Crippen LogP contribution is -2.23. The number of sulfone groups is 1. The Balaban J connectivity index is 1.85. The molecule has 2 aromatic carbocycles. The second-order valence-electron chi connectivity index (χ2n) is 5.30. The van der Waals surface area contributed by atoms with Gasteiger partial charge in [-0.05, 0) is 30.3 Å². The fourth-order valence-electron chi connectivity index (χ4n) is 2.26. The van der Waals surface area contributed by atoms with Gasteiger partial charge in [0.15, 0.2) is 9.84 Å². The summed E-state index contributed by atoms with van der Waals surface area (Å²) in [5.74, 6) is -1.66. The van der Waals surface area contributed by atoms with Crippen LogP contribution in [0.15, 0.2) is 56.7 Å². The van der Waals surface area contributed by atoms with Gasteiger partial charge in [-0.1, -0.05) is 23.7 Å². The molecule has 0 saturated heterocycles.